The van der Waals surface area contributed by atoms with Gasteiger partial charge in [0.2, 0.25) is 5.78 Å². The average molecular weight is 302 g/mol. The summed E-state index contributed by atoms with van der Waals surface area (Å²) < 4.78 is 7.78. The van der Waals surface area contributed by atoms with Gasteiger partial charge in [-0.1, -0.05) is 6.07 Å². The van der Waals surface area contributed by atoms with Crippen molar-refractivity contribution in [1.29, 1.82) is 0 Å². The Hall–Kier alpha value is -1.65. The Morgan fingerprint density at radius 3 is 2.65 bits per heavy atom. The standard InChI is InChI=1S/C16H14O2S2/c1-9-4-5-11(16(18-3)10(9)2)15(17)14-8-13-12(20-14)6-7-19-13/h4-8H,1-3H3. The zero-order chi connectivity index (χ0) is 14.3. The molecule has 2 heterocycles. The summed E-state index contributed by atoms with van der Waals surface area (Å²) in [6.07, 6.45) is 0. The Labute approximate surface area is 125 Å². The third-order valence-electron chi connectivity index (χ3n) is 3.49. The van der Waals surface area contributed by atoms with Gasteiger partial charge in [0, 0.05) is 9.40 Å². The number of hydrogen-bond acceptors (Lipinski definition) is 4. The van der Waals surface area contributed by atoms with Crippen molar-refractivity contribution in [3.8, 4) is 5.75 Å². The van der Waals surface area contributed by atoms with Crippen LogP contribution in [0.4, 0.5) is 0 Å². The number of fused-ring (bicyclic) bond motifs is 1. The van der Waals surface area contributed by atoms with Crippen LogP contribution >= 0.6 is 22.7 Å². The predicted molar refractivity (Wildman–Crippen MR) is 85.6 cm³/mol. The molecule has 0 amide bonds. The molecule has 0 fully saturated rings. The topological polar surface area (TPSA) is 26.3 Å². The fraction of sp³-hybridized carbons (Fsp3) is 0.188. The molecule has 0 saturated carbocycles. The van der Waals surface area contributed by atoms with E-state index in [9.17, 15) is 4.79 Å². The van der Waals surface area contributed by atoms with Crippen LogP contribution in [0.1, 0.15) is 26.4 Å². The number of ketones is 1. The summed E-state index contributed by atoms with van der Waals surface area (Å²) in [6, 6.07) is 7.86. The van der Waals surface area contributed by atoms with E-state index >= 15 is 0 Å². The molecule has 4 heteroatoms. The second-order valence-electron chi connectivity index (χ2n) is 4.68. The molecule has 102 valence electrons. The zero-order valence-electron chi connectivity index (χ0n) is 11.5. The maximum Gasteiger partial charge on any atom is 0.206 e. The van der Waals surface area contributed by atoms with E-state index in [4.69, 9.17) is 4.74 Å². The van der Waals surface area contributed by atoms with Gasteiger partial charge in [-0.05, 0) is 48.6 Å². The molecule has 0 aliphatic heterocycles. The van der Waals surface area contributed by atoms with Gasteiger partial charge in [-0.25, -0.2) is 0 Å². The van der Waals surface area contributed by atoms with Crippen molar-refractivity contribution in [3.63, 3.8) is 0 Å². The van der Waals surface area contributed by atoms with Crippen LogP contribution in [0.5, 0.6) is 5.75 Å². The van der Waals surface area contributed by atoms with E-state index in [1.54, 1.807) is 29.8 Å². The van der Waals surface area contributed by atoms with Crippen LogP contribution in [0, 0.1) is 13.8 Å². The van der Waals surface area contributed by atoms with E-state index in [2.05, 4.69) is 6.07 Å². The van der Waals surface area contributed by atoms with Gasteiger partial charge in [0.25, 0.3) is 0 Å². The SMILES string of the molecule is COc1c(C(=O)c2cc3sccc3s2)ccc(C)c1C. The molecule has 0 unspecified atom stereocenters. The highest BCUT2D eigenvalue weighted by atomic mass is 32.1. The summed E-state index contributed by atoms with van der Waals surface area (Å²) >= 11 is 3.20. The molecule has 3 aromatic rings. The van der Waals surface area contributed by atoms with Crippen molar-refractivity contribution in [2.75, 3.05) is 7.11 Å². The first kappa shape index (κ1) is 13.3. The smallest absolute Gasteiger partial charge is 0.206 e. The van der Waals surface area contributed by atoms with E-state index in [-0.39, 0.29) is 5.78 Å². The highest BCUT2D eigenvalue weighted by molar-refractivity contribution is 7.28. The number of aryl methyl sites for hydroxylation is 1. The second-order valence-corrected chi connectivity index (χ2v) is 6.71. The molecule has 0 saturated heterocycles. The largest absolute Gasteiger partial charge is 0.496 e. The molecular formula is C16H14O2S2. The lowest BCUT2D eigenvalue weighted by atomic mass is 10.0. The number of carbonyl (C=O) groups excluding carboxylic acids is 1. The summed E-state index contributed by atoms with van der Waals surface area (Å²) in [5.41, 5.74) is 2.80. The Morgan fingerprint density at radius 2 is 1.95 bits per heavy atom. The van der Waals surface area contributed by atoms with Crippen molar-refractivity contribution in [2.45, 2.75) is 13.8 Å². The van der Waals surface area contributed by atoms with Crippen molar-refractivity contribution in [1.82, 2.24) is 0 Å². The van der Waals surface area contributed by atoms with E-state index in [0.717, 1.165) is 16.0 Å². The van der Waals surface area contributed by atoms with Gasteiger partial charge in [-0.15, -0.1) is 22.7 Å². The van der Waals surface area contributed by atoms with Gasteiger partial charge >= 0.3 is 0 Å². The summed E-state index contributed by atoms with van der Waals surface area (Å²) in [4.78, 5) is 13.5. The summed E-state index contributed by atoms with van der Waals surface area (Å²) in [5.74, 6) is 0.727. The van der Waals surface area contributed by atoms with Gasteiger partial charge in [-0.2, -0.15) is 0 Å². The van der Waals surface area contributed by atoms with Crippen LogP contribution in [0.25, 0.3) is 9.40 Å². The van der Waals surface area contributed by atoms with Crippen molar-refractivity contribution in [3.05, 3.63) is 51.2 Å². The Bertz CT molecular complexity index is 768. The fourth-order valence-electron chi connectivity index (χ4n) is 2.24. The molecule has 2 nitrogen and oxygen atoms in total. The fourth-order valence-corrected chi connectivity index (χ4v) is 4.31. The normalized spacial score (nSPS) is 10.9. The average Bonchev–Trinajstić information content (AvgIpc) is 3.01. The van der Waals surface area contributed by atoms with Crippen molar-refractivity contribution < 1.29 is 9.53 Å². The number of ether oxygens (including phenoxy) is 1. The molecule has 0 atom stereocenters. The number of rotatable bonds is 3. The molecule has 0 aliphatic rings. The Balaban J connectivity index is 2.10. The molecule has 2 aromatic heterocycles. The lowest BCUT2D eigenvalue weighted by Gasteiger charge is -2.12. The number of methoxy groups -OCH3 is 1. The first-order chi connectivity index (χ1) is 9.61. The molecule has 0 aliphatic carbocycles. The molecule has 3 rings (SSSR count). The molecule has 0 radical (unpaired) electrons. The number of benzene rings is 1. The molecule has 0 spiro atoms. The van der Waals surface area contributed by atoms with Crippen LogP contribution in [0.3, 0.4) is 0 Å². The van der Waals surface area contributed by atoms with Crippen molar-refractivity contribution in [2.24, 2.45) is 0 Å². The molecule has 20 heavy (non-hydrogen) atoms. The molecule has 0 bridgehead atoms. The highest BCUT2D eigenvalue weighted by Gasteiger charge is 2.19. The van der Waals surface area contributed by atoms with Crippen LogP contribution in [-0.4, -0.2) is 12.9 Å². The molecule has 1 aromatic carbocycles. The second kappa shape index (κ2) is 5.04. The van der Waals surface area contributed by atoms with E-state index in [0.29, 0.717) is 11.3 Å². The molecular weight excluding hydrogens is 288 g/mol. The number of thiophene rings is 2. The van der Waals surface area contributed by atoms with Gasteiger partial charge in [0.1, 0.15) is 5.75 Å². The zero-order valence-corrected chi connectivity index (χ0v) is 13.2. The van der Waals surface area contributed by atoms with E-state index in [1.165, 1.54) is 9.40 Å². The maximum atomic E-state index is 12.7. The van der Waals surface area contributed by atoms with E-state index in [1.807, 2.05) is 37.4 Å². The van der Waals surface area contributed by atoms with E-state index < -0.39 is 0 Å². The van der Waals surface area contributed by atoms with Gasteiger partial charge in [-0.3, -0.25) is 4.79 Å². The predicted octanol–water partition coefficient (Wildman–Crippen LogP) is 4.82. The molecule has 0 N–H and O–H groups in total. The minimum Gasteiger partial charge on any atom is -0.496 e. The van der Waals surface area contributed by atoms with Crippen LogP contribution in [0.15, 0.2) is 29.6 Å². The van der Waals surface area contributed by atoms with Crippen LogP contribution < -0.4 is 4.74 Å². The van der Waals surface area contributed by atoms with Crippen molar-refractivity contribution >= 4 is 37.9 Å². The van der Waals surface area contributed by atoms with Gasteiger partial charge in [0.05, 0.1) is 17.6 Å². The highest BCUT2D eigenvalue weighted by Crippen LogP contribution is 2.34. The third-order valence-corrected chi connectivity index (χ3v) is 5.58. The number of carbonyl (C=O) groups is 1. The first-order valence-electron chi connectivity index (χ1n) is 6.27. The van der Waals surface area contributed by atoms with Gasteiger partial charge in [0.15, 0.2) is 0 Å². The summed E-state index contributed by atoms with van der Waals surface area (Å²) in [6.45, 7) is 4.01. The van der Waals surface area contributed by atoms with Crippen LogP contribution in [-0.2, 0) is 0 Å². The summed E-state index contributed by atoms with van der Waals surface area (Å²) in [7, 11) is 1.62. The third kappa shape index (κ3) is 2.05. The quantitative estimate of drug-likeness (QED) is 0.648. The monoisotopic (exact) mass is 302 g/mol. The first-order valence-corrected chi connectivity index (χ1v) is 7.97. The maximum absolute atomic E-state index is 12.7. The lowest BCUT2D eigenvalue weighted by molar-refractivity contribution is 0.103. The minimum atomic E-state index is 0.0401. The Kier molecular flexibility index (Phi) is 3.36. The lowest BCUT2D eigenvalue weighted by Crippen LogP contribution is -2.04. The summed E-state index contributed by atoms with van der Waals surface area (Å²) in [5, 5.41) is 2.05. The van der Waals surface area contributed by atoms with Gasteiger partial charge < -0.3 is 4.74 Å². The van der Waals surface area contributed by atoms with Crippen LogP contribution in [0.2, 0.25) is 0 Å². The Morgan fingerprint density at radius 1 is 1.15 bits per heavy atom. The minimum absolute atomic E-state index is 0.0401. The number of hydrogen-bond donors (Lipinski definition) is 0.